The maximum Gasteiger partial charge on any atom is 0.315 e. The third-order valence-electron chi connectivity index (χ3n) is 3.92. The molecule has 1 N–H and O–H groups in total. The Morgan fingerprint density at radius 1 is 1.33 bits per heavy atom. The van der Waals surface area contributed by atoms with E-state index in [0.717, 1.165) is 24.5 Å². The summed E-state index contributed by atoms with van der Waals surface area (Å²) in [7, 11) is 1.25. The number of nitro benzene ring substituents is 1. The standard InChI is InChI=1S/C20H18N2O5/c1-3-4-13-5-7-15(8-6-13)19(23)16(12-21)9-14-10-17(22(25)26)20(24)18(11-14)27-2/h5-11,24H,3-4H2,1-2H3/b16-9+. The number of ether oxygens (including phenoxy) is 1. The van der Waals surface area contributed by atoms with Gasteiger partial charge >= 0.3 is 5.69 Å². The second kappa shape index (κ2) is 8.63. The minimum Gasteiger partial charge on any atom is -0.500 e. The van der Waals surface area contributed by atoms with Crippen LogP contribution in [0.3, 0.4) is 0 Å². The zero-order valence-electron chi connectivity index (χ0n) is 14.9. The van der Waals surface area contributed by atoms with E-state index in [1.54, 1.807) is 12.1 Å². The number of aryl methyl sites for hydroxylation is 1. The monoisotopic (exact) mass is 366 g/mol. The Hall–Kier alpha value is -3.66. The number of allylic oxidation sites excluding steroid dienone is 1. The number of aromatic hydroxyl groups is 1. The Morgan fingerprint density at radius 3 is 2.52 bits per heavy atom. The molecule has 2 aromatic carbocycles. The second-order valence-electron chi connectivity index (χ2n) is 5.79. The van der Waals surface area contributed by atoms with Crippen molar-refractivity contribution in [2.24, 2.45) is 0 Å². The minimum absolute atomic E-state index is 0.121. The van der Waals surface area contributed by atoms with Crippen molar-refractivity contribution >= 4 is 17.5 Å². The summed E-state index contributed by atoms with van der Waals surface area (Å²) in [5.41, 5.74) is 0.886. The molecule has 27 heavy (non-hydrogen) atoms. The number of nitriles is 1. The van der Waals surface area contributed by atoms with Gasteiger partial charge in [-0.2, -0.15) is 5.26 Å². The first-order valence-electron chi connectivity index (χ1n) is 8.22. The molecule has 0 unspecified atom stereocenters. The average molecular weight is 366 g/mol. The maximum atomic E-state index is 12.6. The number of benzene rings is 2. The number of nitrogens with zero attached hydrogens (tertiary/aromatic N) is 2. The van der Waals surface area contributed by atoms with Crippen molar-refractivity contribution in [3.8, 4) is 17.6 Å². The molecule has 0 saturated heterocycles. The lowest BCUT2D eigenvalue weighted by Crippen LogP contribution is -2.02. The smallest absolute Gasteiger partial charge is 0.315 e. The van der Waals surface area contributed by atoms with E-state index in [-0.39, 0.29) is 16.9 Å². The molecule has 0 aliphatic carbocycles. The lowest BCUT2D eigenvalue weighted by Gasteiger charge is -2.06. The van der Waals surface area contributed by atoms with Gasteiger partial charge in [0.15, 0.2) is 5.75 Å². The Balaban J connectivity index is 2.43. The van der Waals surface area contributed by atoms with Crippen LogP contribution >= 0.6 is 0 Å². The normalized spacial score (nSPS) is 10.9. The first kappa shape index (κ1) is 19.7. The van der Waals surface area contributed by atoms with Gasteiger partial charge in [-0.05, 0) is 29.7 Å². The fourth-order valence-electron chi connectivity index (χ4n) is 2.57. The Labute approximate surface area is 156 Å². The molecule has 0 aromatic heterocycles. The summed E-state index contributed by atoms with van der Waals surface area (Å²) in [6.07, 6.45) is 3.11. The number of carbonyl (C=O) groups is 1. The number of phenols is 1. The Kier molecular flexibility index (Phi) is 6.28. The third-order valence-corrected chi connectivity index (χ3v) is 3.92. The molecule has 2 aromatic rings. The molecule has 0 bridgehead atoms. The summed E-state index contributed by atoms with van der Waals surface area (Å²) in [5.74, 6) is -1.23. The van der Waals surface area contributed by atoms with Crippen LogP contribution in [-0.4, -0.2) is 22.9 Å². The fraction of sp³-hybridized carbons (Fsp3) is 0.200. The van der Waals surface area contributed by atoms with Crippen LogP contribution in [0.15, 0.2) is 42.0 Å². The predicted octanol–water partition coefficient (Wildman–Crippen LogP) is 4.05. The van der Waals surface area contributed by atoms with Crippen LogP contribution in [0.2, 0.25) is 0 Å². The number of hydrogen-bond acceptors (Lipinski definition) is 6. The van der Waals surface area contributed by atoms with E-state index in [1.165, 1.54) is 19.3 Å². The number of hydrogen-bond donors (Lipinski definition) is 1. The van der Waals surface area contributed by atoms with E-state index in [4.69, 9.17) is 4.74 Å². The summed E-state index contributed by atoms with van der Waals surface area (Å²) < 4.78 is 4.92. The quantitative estimate of drug-likeness (QED) is 0.260. The molecule has 0 aliphatic heterocycles. The van der Waals surface area contributed by atoms with Crippen molar-refractivity contribution < 1.29 is 19.6 Å². The van der Waals surface area contributed by atoms with Gasteiger partial charge in [-0.15, -0.1) is 0 Å². The van der Waals surface area contributed by atoms with Crippen molar-refractivity contribution in [3.63, 3.8) is 0 Å². The molecule has 7 nitrogen and oxygen atoms in total. The summed E-state index contributed by atoms with van der Waals surface area (Å²) in [4.78, 5) is 22.9. The number of ketones is 1. The SMILES string of the molecule is CCCc1ccc(C(=O)/C(C#N)=C/c2cc(OC)c(O)c([N+](=O)[O-])c2)cc1. The first-order chi connectivity index (χ1) is 12.9. The van der Waals surface area contributed by atoms with Crippen LogP contribution in [0.5, 0.6) is 11.5 Å². The van der Waals surface area contributed by atoms with Crippen molar-refractivity contribution in [2.45, 2.75) is 19.8 Å². The van der Waals surface area contributed by atoms with Gasteiger partial charge < -0.3 is 9.84 Å². The number of Topliss-reactive ketones (excluding diaryl/α,β-unsaturated/α-hetero) is 1. The molecule has 0 heterocycles. The summed E-state index contributed by atoms with van der Waals surface area (Å²) >= 11 is 0. The number of rotatable bonds is 7. The fourth-order valence-corrected chi connectivity index (χ4v) is 2.57. The highest BCUT2D eigenvalue weighted by molar-refractivity contribution is 6.14. The topological polar surface area (TPSA) is 113 Å². The number of methoxy groups -OCH3 is 1. The van der Waals surface area contributed by atoms with Gasteiger partial charge in [0.1, 0.15) is 11.6 Å². The molecule has 138 valence electrons. The van der Waals surface area contributed by atoms with E-state index in [1.807, 2.05) is 18.2 Å². The maximum absolute atomic E-state index is 12.6. The molecule has 7 heteroatoms. The van der Waals surface area contributed by atoms with E-state index in [0.29, 0.717) is 5.56 Å². The molecule has 2 rings (SSSR count). The van der Waals surface area contributed by atoms with Gasteiger partial charge in [-0.1, -0.05) is 37.6 Å². The van der Waals surface area contributed by atoms with E-state index >= 15 is 0 Å². The average Bonchev–Trinajstić information content (AvgIpc) is 2.67. The summed E-state index contributed by atoms with van der Waals surface area (Å²) in [6.45, 7) is 2.06. The number of carbonyl (C=O) groups excluding carboxylic acids is 1. The van der Waals surface area contributed by atoms with E-state index in [2.05, 4.69) is 6.92 Å². The van der Waals surface area contributed by atoms with Gasteiger partial charge in [0.05, 0.1) is 12.0 Å². The molecule has 0 atom stereocenters. The Morgan fingerprint density at radius 2 is 2.00 bits per heavy atom. The zero-order chi connectivity index (χ0) is 20.0. The van der Waals surface area contributed by atoms with Crippen LogP contribution in [0, 0.1) is 21.4 Å². The van der Waals surface area contributed by atoms with Gasteiger partial charge in [-0.25, -0.2) is 0 Å². The van der Waals surface area contributed by atoms with Crippen LogP contribution < -0.4 is 4.74 Å². The van der Waals surface area contributed by atoms with Gasteiger partial charge in [0, 0.05) is 11.6 Å². The molecular weight excluding hydrogens is 348 g/mol. The molecule has 0 radical (unpaired) electrons. The number of nitro groups is 1. The van der Waals surface area contributed by atoms with Gasteiger partial charge in [0.2, 0.25) is 11.5 Å². The first-order valence-corrected chi connectivity index (χ1v) is 8.22. The molecule has 0 amide bonds. The lowest BCUT2D eigenvalue weighted by molar-refractivity contribution is -0.386. The minimum atomic E-state index is -0.768. The Bertz CT molecular complexity index is 940. The molecule has 0 aliphatic rings. The van der Waals surface area contributed by atoms with Crippen LogP contribution in [0.4, 0.5) is 5.69 Å². The summed E-state index contributed by atoms with van der Waals surface area (Å²) in [6, 6.07) is 11.2. The van der Waals surface area contributed by atoms with Crippen LogP contribution in [-0.2, 0) is 6.42 Å². The van der Waals surface area contributed by atoms with Crippen molar-refractivity contribution in [1.82, 2.24) is 0 Å². The highest BCUT2D eigenvalue weighted by Crippen LogP contribution is 2.37. The molecular formula is C20H18N2O5. The lowest BCUT2D eigenvalue weighted by atomic mass is 9.99. The molecule has 0 saturated carbocycles. The highest BCUT2D eigenvalue weighted by Gasteiger charge is 2.20. The van der Waals surface area contributed by atoms with Crippen molar-refractivity contribution in [3.05, 3.63) is 68.8 Å². The zero-order valence-corrected chi connectivity index (χ0v) is 14.9. The van der Waals surface area contributed by atoms with Crippen LogP contribution in [0.25, 0.3) is 6.08 Å². The van der Waals surface area contributed by atoms with Gasteiger partial charge in [-0.3, -0.25) is 14.9 Å². The van der Waals surface area contributed by atoms with E-state index < -0.39 is 22.1 Å². The predicted molar refractivity (Wildman–Crippen MR) is 99.7 cm³/mol. The largest absolute Gasteiger partial charge is 0.500 e. The number of phenolic OH excluding ortho intramolecular Hbond substituents is 1. The molecule has 0 fully saturated rings. The molecule has 0 spiro atoms. The van der Waals surface area contributed by atoms with Crippen LogP contribution in [0.1, 0.15) is 34.8 Å². The van der Waals surface area contributed by atoms with E-state index in [9.17, 15) is 25.3 Å². The van der Waals surface area contributed by atoms with Gasteiger partial charge in [0.25, 0.3) is 0 Å². The second-order valence-corrected chi connectivity index (χ2v) is 5.79. The van der Waals surface area contributed by atoms with Crippen molar-refractivity contribution in [1.29, 1.82) is 5.26 Å². The third kappa shape index (κ3) is 4.50. The summed E-state index contributed by atoms with van der Waals surface area (Å²) in [5, 5.41) is 30.3. The highest BCUT2D eigenvalue weighted by atomic mass is 16.6. The van der Waals surface area contributed by atoms with Crippen molar-refractivity contribution in [2.75, 3.05) is 7.11 Å².